The van der Waals surface area contributed by atoms with Crippen molar-refractivity contribution in [1.29, 1.82) is 0 Å². The predicted molar refractivity (Wildman–Crippen MR) is 98.6 cm³/mol. The molecule has 0 spiro atoms. The number of halogens is 1. The van der Waals surface area contributed by atoms with Gasteiger partial charge in [-0.15, -0.1) is 0 Å². The van der Waals surface area contributed by atoms with Gasteiger partial charge in [-0.2, -0.15) is 0 Å². The first-order valence-corrected chi connectivity index (χ1v) is 12.6. The smallest absolute Gasteiger partial charge is 0.183 e. The Labute approximate surface area is 146 Å². The van der Waals surface area contributed by atoms with Gasteiger partial charge in [0.2, 0.25) is 0 Å². The Morgan fingerprint density at radius 2 is 2.17 bits per heavy atom. The molecule has 6 heteroatoms. The average Bonchev–Trinajstić information content (AvgIpc) is 3.29. The van der Waals surface area contributed by atoms with Crippen LogP contribution in [0.1, 0.15) is 23.3 Å². The Hall–Kier alpha value is -0.983. The molecule has 0 unspecified atom stereocenters. The van der Waals surface area contributed by atoms with Crippen molar-refractivity contribution in [2.75, 3.05) is 6.61 Å². The highest BCUT2D eigenvalue weighted by Gasteiger charge is 2.35. The van der Waals surface area contributed by atoms with Crippen molar-refractivity contribution in [3.63, 3.8) is 0 Å². The fourth-order valence-corrected chi connectivity index (χ4v) is 4.05. The summed E-state index contributed by atoms with van der Waals surface area (Å²) in [5.74, 6) is 0.389. The lowest BCUT2D eigenvalue weighted by atomic mass is 10.2. The number of fused-ring (bicyclic) bond motifs is 1. The van der Waals surface area contributed by atoms with Crippen LogP contribution in [0.4, 0.5) is 0 Å². The molecular weight excluding hydrogens is 372 g/mol. The van der Waals surface area contributed by atoms with Gasteiger partial charge in [-0.3, -0.25) is 9.36 Å². The Morgan fingerprint density at radius 1 is 1.43 bits per heavy atom. The zero-order valence-corrected chi connectivity index (χ0v) is 16.5. The molecule has 0 atom stereocenters. The van der Waals surface area contributed by atoms with E-state index < -0.39 is 8.07 Å². The van der Waals surface area contributed by atoms with Crippen LogP contribution >= 0.6 is 15.9 Å². The number of aromatic nitrogens is 2. The van der Waals surface area contributed by atoms with Crippen LogP contribution in [0.15, 0.2) is 22.8 Å². The normalized spacial score (nSPS) is 15.3. The van der Waals surface area contributed by atoms with Gasteiger partial charge in [-0.1, -0.05) is 19.6 Å². The minimum absolute atomic E-state index is 0.177. The SMILES string of the molecule is C[Si](C)(C)CCOCn1c(C(=O)C2CC2)c(Br)c2cccnc21. The molecule has 0 bridgehead atoms. The molecule has 1 aliphatic rings. The van der Waals surface area contributed by atoms with E-state index in [0.717, 1.165) is 41.0 Å². The van der Waals surface area contributed by atoms with Crippen molar-refractivity contribution in [1.82, 2.24) is 9.55 Å². The third-order valence-corrected chi connectivity index (χ3v) is 6.66. The molecule has 0 radical (unpaired) electrons. The standard InChI is InChI=1S/C17H23BrN2O2Si/c1-23(2,3)10-9-22-11-20-15(16(21)12-6-7-12)14(18)13-5-4-8-19-17(13)20/h4-5,8,12H,6-7,9-11H2,1-3H3. The first-order valence-electron chi connectivity index (χ1n) is 8.13. The van der Waals surface area contributed by atoms with Gasteiger partial charge in [-0.25, -0.2) is 4.98 Å². The van der Waals surface area contributed by atoms with Crippen LogP contribution in [0, 0.1) is 5.92 Å². The van der Waals surface area contributed by atoms with Gasteiger partial charge >= 0.3 is 0 Å². The third-order valence-electron chi connectivity index (χ3n) is 4.15. The summed E-state index contributed by atoms with van der Waals surface area (Å²) in [5, 5.41) is 0.977. The maximum absolute atomic E-state index is 12.7. The topological polar surface area (TPSA) is 44.1 Å². The summed E-state index contributed by atoms with van der Waals surface area (Å²) < 4.78 is 8.68. The summed E-state index contributed by atoms with van der Waals surface area (Å²) in [6.45, 7) is 8.12. The van der Waals surface area contributed by atoms with Crippen LogP contribution in [0.5, 0.6) is 0 Å². The Kier molecular flexibility index (Phi) is 4.76. The number of Topliss-reactive ketones (excluding diaryl/α,β-unsaturated/α-hetero) is 1. The van der Waals surface area contributed by atoms with Crippen LogP contribution in [-0.4, -0.2) is 30.0 Å². The summed E-state index contributed by atoms with van der Waals surface area (Å²) >= 11 is 3.61. The van der Waals surface area contributed by atoms with E-state index >= 15 is 0 Å². The van der Waals surface area contributed by atoms with E-state index in [9.17, 15) is 4.79 Å². The van der Waals surface area contributed by atoms with Crippen molar-refractivity contribution in [3.05, 3.63) is 28.5 Å². The minimum atomic E-state index is -1.11. The van der Waals surface area contributed by atoms with Crippen LogP contribution in [0.3, 0.4) is 0 Å². The van der Waals surface area contributed by atoms with E-state index in [1.54, 1.807) is 6.20 Å². The fourth-order valence-electron chi connectivity index (χ4n) is 2.58. The lowest BCUT2D eigenvalue weighted by molar-refractivity contribution is 0.0813. The van der Waals surface area contributed by atoms with Gasteiger partial charge in [0.15, 0.2) is 5.78 Å². The molecular formula is C17H23BrN2O2Si. The van der Waals surface area contributed by atoms with Crippen LogP contribution in [0.25, 0.3) is 11.0 Å². The molecule has 1 aliphatic carbocycles. The average molecular weight is 395 g/mol. The number of rotatable bonds is 7. The van der Waals surface area contributed by atoms with Crippen LogP contribution in [-0.2, 0) is 11.5 Å². The molecule has 0 amide bonds. The molecule has 23 heavy (non-hydrogen) atoms. The number of ether oxygens (including phenoxy) is 1. The molecule has 1 saturated carbocycles. The number of hydrogen-bond donors (Lipinski definition) is 0. The molecule has 3 rings (SSSR count). The summed E-state index contributed by atoms with van der Waals surface area (Å²) in [7, 11) is -1.11. The van der Waals surface area contributed by atoms with Crippen molar-refractivity contribution < 1.29 is 9.53 Å². The molecule has 0 N–H and O–H groups in total. The number of pyridine rings is 1. The van der Waals surface area contributed by atoms with E-state index in [-0.39, 0.29) is 11.7 Å². The molecule has 124 valence electrons. The van der Waals surface area contributed by atoms with Gasteiger partial charge in [-0.05, 0) is 46.9 Å². The predicted octanol–water partition coefficient (Wildman–Crippen LogP) is 4.70. The Balaban J connectivity index is 1.87. The molecule has 2 aromatic rings. The zero-order valence-electron chi connectivity index (χ0n) is 13.9. The summed E-state index contributed by atoms with van der Waals surface area (Å²) in [6, 6.07) is 5.01. The number of hydrogen-bond acceptors (Lipinski definition) is 3. The second-order valence-corrected chi connectivity index (χ2v) is 13.9. The number of carbonyl (C=O) groups excluding carboxylic acids is 1. The summed E-state index contributed by atoms with van der Waals surface area (Å²) in [5.41, 5.74) is 1.53. The van der Waals surface area contributed by atoms with Gasteiger partial charge in [0, 0.05) is 32.2 Å². The van der Waals surface area contributed by atoms with Crippen LogP contribution in [0.2, 0.25) is 25.7 Å². The highest BCUT2D eigenvalue weighted by atomic mass is 79.9. The first kappa shape index (κ1) is 16.9. The monoisotopic (exact) mass is 394 g/mol. The van der Waals surface area contributed by atoms with Crippen molar-refractivity contribution in [2.24, 2.45) is 5.92 Å². The maximum atomic E-state index is 12.7. The quantitative estimate of drug-likeness (QED) is 0.388. The Bertz CT molecular complexity index is 732. The second-order valence-electron chi connectivity index (χ2n) is 7.45. The minimum Gasteiger partial charge on any atom is -0.361 e. The van der Waals surface area contributed by atoms with E-state index in [1.807, 2.05) is 16.7 Å². The van der Waals surface area contributed by atoms with Crippen molar-refractivity contribution in [3.8, 4) is 0 Å². The van der Waals surface area contributed by atoms with Crippen molar-refractivity contribution >= 4 is 40.8 Å². The lowest BCUT2D eigenvalue weighted by Crippen LogP contribution is -2.22. The molecule has 2 heterocycles. The van der Waals surface area contributed by atoms with E-state index in [2.05, 4.69) is 40.6 Å². The molecule has 1 fully saturated rings. The largest absolute Gasteiger partial charge is 0.361 e. The number of carbonyl (C=O) groups is 1. The zero-order chi connectivity index (χ0) is 16.6. The molecule has 2 aromatic heterocycles. The molecule has 0 saturated heterocycles. The van der Waals surface area contributed by atoms with Crippen molar-refractivity contribution in [2.45, 2.75) is 45.3 Å². The second kappa shape index (κ2) is 6.49. The van der Waals surface area contributed by atoms with Gasteiger partial charge in [0.05, 0.1) is 4.47 Å². The fraction of sp³-hybridized carbons (Fsp3) is 0.529. The Morgan fingerprint density at radius 3 is 2.83 bits per heavy atom. The highest BCUT2D eigenvalue weighted by Crippen LogP contribution is 2.38. The van der Waals surface area contributed by atoms with Crippen LogP contribution < -0.4 is 0 Å². The third kappa shape index (κ3) is 3.75. The van der Waals surface area contributed by atoms with E-state index in [4.69, 9.17) is 4.74 Å². The number of ketones is 1. The maximum Gasteiger partial charge on any atom is 0.183 e. The van der Waals surface area contributed by atoms with E-state index in [1.165, 1.54) is 0 Å². The molecule has 0 aliphatic heterocycles. The summed E-state index contributed by atoms with van der Waals surface area (Å²) in [6.07, 6.45) is 3.76. The molecule has 4 nitrogen and oxygen atoms in total. The van der Waals surface area contributed by atoms with Gasteiger partial charge < -0.3 is 4.74 Å². The van der Waals surface area contributed by atoms with E-state index in [0.29, 0.717) is 12.4 Å². The van der Waals surface area contributed by atoms with Gasteiger partial charge in [0.1, 0.15) is 18.1 Å². The lowest BCUT2D eigenvalue weighted by Gasteiger charge is -2.16. The summed E-state index contributed by atoms with van der Waals surface area (Å²) in [4.78, 5) is 17.1. The first-order chi connectivity index (χ1) is 10.9. The van der Waals surface area contributed by atoms with Gasteiger partial charge in [0.25, 0.3) is 0 Å². The highest BCUT2D eigenvalue weighted by molar-refractivity contribution is 9.10. The number of nitrogens with zero attached hydrogens (tertiary/aromatic N) is 2. The molecule has 0 aromatic carbocycles.